The van der Waals surface area contributed by atoms with Crippen molar-refractivity contribution in [3.05, 3.63) is 41.5 Å². The summed E-state index contributed by atoms with van der Waals surface area (Å²) in [5, 5.41) is 8.06. The van der Waals surface area contributed by atoms with Crippen molar-refractivity contribution >= 4 is 15.9 Å². The summed E-state index contributed by atoms with van der Waals surface area (Å²) >= 11 is 0. The van der Waals surface area contributed by atoms with Crippen LogP contribution in [0.25, 0.3) is 0 Å². The number of benzene rings is 1. The molecule has 0 bridgehead atoms. The van der Waals surface area contributed by atoms with Crippen molar-refractivity contribution in [1.82, 2.24) is 5.32 Å². The fourth-order valence-electron chi connectivity index (χ4n) is 3.13. The van der Waals surface area contributed by atoms with Gasteiger partial charge in [0.1, 0.15) is 0 Å². The Morgan fingerprint density at radius 2 is 1.83 bits per heavy atom. The fraction of sp³-hybridized carbons (Fsp3) is 0.500. The molecule has 132 valence electrons. The first-order valence-corrected chi connectivity index (χ1v) is 9.62. The molecule has 0 spiro atoms. The van der Waals surface area contributed by atoms with Crippen molar-refractivity contribution in [2.75, 3.05) is 6.54 Å². The summed E-state index contributed by atoms with van der Waals surface area (Å²) in [4.78, 5) is 12.4. The van der Waals surface area contributed by atoms with Crippen LogP contribution in [0, 0.1) is 17.3 Å². The first-order chi connectivity index (χ1) is 11.0. The number of hydrogen-bond donors (Lipinski definition) is 2. The molecule has 3 N–H and O–H groups in total. The zero-order valence-electron chi connectivity index (χ0n) is 14.7. The van der Waals surface area contributed by atoms with Crippen molar-refractivity contribution < 1.29 is 13.2 Å². The summed E-state index contributed by atoms with van der Waals surface area (Å²) in [6, 6.07) is 6.42. The summed E-state index contributed by atoms with van der Waals surface area (Å²) in [5.41, 5.74) is 2.20. The molecule has 0 aromatic heterocycles. The van der Waals surface area contributed by atoms with Crippen LogP contribution in [0.1, 0.15) is 33.3 Å². The lowest BCUT2D eigenvalue weighted by atomic mass is 10.1. The van der Waals surface area contributed by atoms with E-state index in [0.29, 0.717) is 18.9 Å². The third-order valence-corrected chi connectivity index (χ3v) is 5.60. The zero-order valence-corrected chi connectivity index (χ0v) is 15.5. The van der Waals surface area contributed by atoms with Gasteiger partial charge in [0.25, 0.3) is 0 Å². The van der Waals surface area contributed by atoms with Crippen LogP contribution >= 0.6 is 0 Å². The summed E-state index contributed by atoms with van der Waals surface area (Å²) < 4.78 is 22.4. The van der Waals surface area contributed by atoms with Crippen LogP contribution in [0.4, 0.5) is 0 Å². The average molecular weight is 350 g/mol. The Kier molecular flexibility index (Phi) is 5.20. The highest BCUT2D eigenvalue weighted by Gasteiger charge is 2.60. The van der Waals surface area contributed by atoms with E-state index in [1.807, 2.05) is 0 Å². The van der Waals surface area contributed by atoms with E-state index in [-0.39, 0.29) is 22.1 Å². The molecule has 1 aliphatic carbocycles. The van der Waals surface area contributed by atoms with Gasteiger partial charge in [-0.05, 0) is 49.3 Å². The molecule has 2 rings (SSSR count). The number of rotatable bonds is 6. The first-order valence-electron chi connectivity index (χ1n) is 8.08. The molecule has 0 unspecified atom stereocenters. The average Bonchev–Trinajstić information content (AvgIpc) is 2.98. The number of allylic oxidation sites excluding steroid dienone is 2. The van der Waals surface area contributed by atoms with Gasteiger partial charge < -0.3 is 5.32 Å². The van der Waals surface area contributed by atoms with Crippen molar-refractivity contribution in [1.29, 1.82) is 0 Å². The summed E-state index contributed by atoms with van der Waals surface area (Å²) in [6.07, 6.45) is 2.83. The molecule has 1 aromatic carbocycles. The Balaban J connectivity index is 1.87. The number of hydrogen-bond acceptors (Lipinski definition) is 3. The van der Waals surface area contributed by atoms with Crippen LogP contribution in [-0.4, -0.2) is 20.9 Å². The first kappa shape index (κ1) is 18.7. The summed E-state index contributed by atoms with van der Waals surface area (Å²) in [7, 11) is -3.66. The van der Waals surface area contributed by atoms with Crippen LogP contribution in [0.2, 0.25) is 0 Å². The van der Waals surface area contributed by atoms with Gasteiger partial charge in [-0.15, -0.1) is 0 Å². The van der Waals surface area contributed by atoms with Crippen LogP contribution in [0.5, 0.6) is 0 Å². The highest BCUT2D eigenvalue weighted by Crippen LogP contribution is 2.59. The van der Waals surface area contributed by atoms with Crippen molar-refractivity contribution in [2.24, 2.45) is 22.4 Å². The molecule has 1 fully saturated rings. The largest absolute Gasteiger partial charge is 0.355 e. The molecule has 0 aliphatic heterocycles. The second-order valence-corrected chi connectivity index (χ2v) is 8.86. The summed E-state index contributed by atoms with van der Waals surface area (Å²) in [6.45, 7) is 8.87. The number of primary sulfonamides is 1. The Labute approximate surface area is 144 Å². The number of sulfonamides is 1. The molecule has 1 aromatic rings. The standard InChI is InChI=1S/C18H26N2O3S/c1-12(2)11-15-16(18(15,3)4)17(21)20-10-9-13-5-7-14(8-6-13)24(19,22)23/h5-8,11,15-16H,9-10H2,1-4H3,(H,20,21)(H2,19,22,23)/t15-,16+/m0/s1. The van der Waals surface area contributed by atoms with Crippen LogP contribution < -0.4 is 10.5 Å². The minimum absolute atomic E-state index is 0.0124. The second-order valence-electron chi connectivity index (χ2n) is 7.30. The molecule has 1 saturated carbocycles. The van der Waals surface area contributed by atoms with Crippen molar-refractivity contribution in [3.8, 4) is 0 Å². The molecular formula is C18H26N2O3S. The number of nitrogens with two attached hydrogens (primary N) is 1. The van der Waals surface area contributed by atoms with E-state index in [4.69, 9.17) is 5.14 Å². The monoisotopic (exact) mass is 350 g/mol. The van der Waals surface area contributed by atoms with E-state index in [2.05, 4.69) is 39.1 Å². The van der Waals surface area contributed by atoms with Gasteiger partial charge in [-0.3, -0.25) is 4.79 Å². The van der Waals surface area contributed by atoms with Gasteiger partial charge in [0.15, 0.2) is 0 Å². The van der Waals surface area contributed by atoms with Crippen LogP contribution in [0.3, 0.4) is 0 Å². The predicted octanol–water partition coefficient (Wildman–Crippen LogP) is 2.23. The van der Waals surface area contributed by atoms with Gasteiger partial charge in [0, 0.05) is 6.54 Å². The number of nitrogens with one attached hydrogen (secondary N) is 1. The van der Waals surface area contributed by atoms with Crippen molar-refractivity contribution in [3.63, 3.8) is 0 Å². The number of amides is 1. The molecule has 5 nitrogen and oxygen atoms in total. The lowest BCUT2D eigenvalue weighted by Crippen LogP contribution is -2.28. The van der Waals surface area contributed by atoms with Gasteiger partial charge in [0.2, 0.25) is 15.9 Å². The van der Waals surface area contributed by atoms with Gasteiger partial charge >= 0.3 is 0 Å². The summed E-state index contributed by atoms with van der Waals surface area (Å²) in [5.74, 6) is 0.414. The molecule has 2 atom stereocenters. The molecule has 6 heteroatoms. The second kappa shape index (κ2) is 6.69. The number of carbonyl (C=O) groups excluding carboxylic acids is 1. The van der Waals surface area contributed by atoms with E-state index in [9.17, 15) is 13.2 Å². The van der Waals surface area contributed by atoms with E-state index in [1.165, 1.54) is 17.7 Å². The molecule has 0 saturated heterocycles. The molecular weight excluding hydrogens is 324 g/mol. The molecule has 0 heterocycles. The molecule has 0 radical (unpaired) electrons. The van der Waals surface area contributed by atoms with Gasteiger partial charge in [-0.25, -0.2) is 13.6 Å². The SMILES string of the molecule is CC(C)=C[C@H]1[C@H](C(=O)NCCc2ccc(S(N)(=O)=O)cc2)C1(C)C. The van der Waals surface area contributed by atoms with E-state index < -0.39 is 10.0 Å². The van der Waals surface area contributed by atoms with Gasteiger partial charge in [0.05, 0.1) is 10.8 Å². The normalized spacial score (nSPS) is 21.9. The Bertz CT molecular complexity index is 745. The smallest absolute Gasteiger partial charge is 0.238 e. The Hall–Kier alpha value is -1.66. The Morgan fingerprint density at radius 3 is 2.33 bits per heavy atom. The maximum absolute atomic E-state index is 12.4. The third kappa shape index (κ3) is 4.24. The zero-order chi connectivity index (χ0) is 18.1. The minimum Gasteiger partial charge on any atom is -0.355 e. The molecule has 1 amide bonds. The maximum atomic E-state index is 12.4. The minimum atomic E-state index is -3.66. The highest BCUT2D eigenvalue weighted by molar-refractivity contribution is 7.89. The number of carbonyl (C=O) groups is 1. The fourth-order valence-corrected chi connectivity index (χ4v) is 3.65. The van der Waals surface area contributed by atoms with Crippen LogP contribution in [-0.2, 0) is 21.2 Å². The maximum Gasteiger partial charge on any atom is 0.238 e. The highest BCUT2D eigenvalue weighted by atomic mass is 32.2. The molecule has 1 aliphatic rings. The Morgan fingerprint density at radius 1 is 1.25 bits per heavy atom. The van der Waals surface area contributed by atoms with E-state index >= 15 is 0 Å². The third-order valence-electron chi connectivity index (χ3n) is 4.67. The lowest BCUT2D eigenvalue weighted by Gasteiger charge is -2.07. The lowest BCUT2D eigenvalue weighted by molar-refractivity contribution is -0.123. The van der Waals surface area contributed by atoms with Crippen molar-refractivity contribution in [2.45, 2.75) is 39.0 Å². The van der Waals surface area contributed by atoms with E-state index in [1.54, 1.807) is 12.1 Å². The topological polar surface area (TPSA) is 89.3 Å². The predicted molar refractivity (Wildman–Crippen MR) is 94.7 cm³/mol. The van der Waals surface area contributed by atoms with E-state index in [0.717, 1.165) is 5.56 Å². The molecule has 24 heavy (non-hydrogen) atoms. The van der Waals surface area contributed by atoms with Gasteiger partial charge in [-0.1, -0.05) is 37.6 Å². The quantitative estimate of drug-likeness (QED) is 0.771. The van der Waals surface area contributed by atoms with Crippen LogP contribution in [0.15, 0.2) is 40.8 Å². The van der Waals surface area contributed by atoms with Gasteiger partial charge in [-0.2, -0.15) is 0 Å².